The molecule has 4 heteroatoms. The van der Waals surface area contributed by atoms with Gasteiger partial charge in [-0.25, -0.2) is 0 Å². The van der Waals surface area contributed by atoms with E-state index < -0.39 is 0 Å². The molecule has 25 heavy (non-hydrogen) atoms. The molecule has 0 saturated carbocycles. The molecule has 1 aliphatic heterocycles. The van der Waals surface area contributed by atoms with Crippen molar-refractivity contribution in [3.63, 3.8) is 0 Å². The Kier molecular flexibility index (Phi) is 4.51. The van der Waals surface area contributed by atoms with Gasteiger partial charge in [-0.3, -0.25) is 4.98 Å². The lowest BCUT2D eigenvalue weighted by Crippen LogP contribution is -2.31. The molecule has 0 amide bonds. The molecule has 1 aromatic carbocycles. The lowest BCUT2D eigenvalue weighted by molar-refractivity contribution is 0.318. The molecule has 4 rings (SSSR count). The van der Waals surface area contributed by atoms with E-state index in [1.54, 1.807) is 6.21 Å². The number of nitrogens with zero attached hydrogens (tertiary/aromatic N) is 3. The first-order chi connectivity index (χ1) is 12.4. The van der Waals surface area contributed by atoms with Gasteiger partial charge in [0.25, 0.3) is 0 Å². The van der Waals surface area contributed by atoms with Crippen molar-refractivity contribution < 1.29 is 5.21 Å². The molecule has 1 aromatic heterocycles. The third-order valence-corrected chi connectivity index (χ3v) is 5.12. The van der Waals surface area contributed by atoms with E-state index >= 15 is 0 Å². The minimum atomic E-state index is 0.869. The molecular weight excluding hydrogens is 310 g/mol. The number of likely N-dealkylation sites (tertiary alicyclic amines) is 1. The van der Waals surface area contributed by atoms with Crippen LogP contribution in [0, 0.1) is 0 Å². The predicted molar refractivity (Wildman–Crippen MR) is 101 cm³/mol. The van der Waals surface area contributed by atoms with Gasteiger partial charge in [-0.15, -0.1) is 0 Å². The second kappa shape index (κ2) is 7.09. The number of pyridine rings is 1. The predicted octanol–water partition coefficient (Wildman–Crippen LogP) is 4.35. The van der Waals surface area contributed by atoms with E-state index in [9.17, 15) is 0 Å². The largest absolute Gasteiger partial charge is 0.411 e. The Balaban J connectivity index is 1.77. The number of piperidine rings is 1. The summed E-state index contributed by atoms with van der Waals surface area (Å²) < 4.78 is 0. The van der Waals surface area contributed by atoms with Gasteiger partial charge < -0.3 is 10.1 Å². The number of rotatable bonds is 3. The minimum Gasteiger partial charge on any atom is -0.411 e. The first-order valence-corrected chi connectivity index (χ1v) is 9.08. The summed E-state index contributed by atoms with van der Waals surface area (Å²) in [5, 5.41) is 12.4. The number of oxime groups is 1. The van der Waals surface area contributed by atoms with Crippen LogP contribution in [-0.4, -0.2) is 34.4 Å². The zero-order chi connectivity index (χ0) is 17.1. The molecule has 1 saturated heterocycles. The molecule has 2 aliphatic rings. The fourth-order valence-corrected chi connectivity index (χ4v) is 3.91. The lowest BCUT2D eigenvalue weighted by atomic mass is 9.90. The summed E-state index contributed by atoms with van der Waals surface area (Å²) in [7, 11) is 0. The van der Waals surface area contributed by atoms with Gasteiger partial charge in [0, 0.05) is 24.2 Å². The normalized spacial score (nSPS) is 17.8. The highest BCUT2D eigenvalue weighted by Crippen LogP contribution is 2.35. The SMILES string of the molecule is O/N=C/C1=C(N2CCCCC2)c2ccc(-c3ccccc3)nc2CC1. The zero-order valence-electron chi connectivity index (χ0n) is 14.4. The van der Waals surface area contributed by atoms with Crippen molar-refractivity contribution in [2.24, 2.45) is 5.16 Å². The van der Waals surface area contributed by atoms with E-state index in [0.717, 1.165) is 48.5 Å². The maximum atomic E-state index is 9.08. The van der Waals surface area contributed by atoms with Crippen LogP contribution in [0.5, 0.6) is 0 Å². The van der Waals surface area contributed by atoms with Crippen molar-refractivity contribution in [1.82, 2.24) is 9.88 Å². The van der Waals surface area contributed by atoms with Crippen molar-refractivity contribution in [3.05, 3.63) is 59.3 Å². The zero-order valence-corrected chi connectivity index (χ0v) is 14.4. The number of fused-ring (bicyclic) bond motifs is 1. The smallest absolute Gasteiger partial charge is 0.0714 e. The van der Waals surface area contributed by atoms with Crippen molar-refractivity contribution in [1.29, 1.82) is 0 Å². The molecular formula is C21H23N3O. The Morgan fingerprint density at radius 1 is 0.960 bits per heavy atom. The standard InChI is InChI=1S/C21H23N3O/c25-22-15-17-9-11-20-18(21(17)24-13-5-2-6-14-24)10-12-19(23-20)16-7-3-1-4-8-16/h1,3-4,7-8,10,12,15,25H,2,5-6,9,11,13-14H2/b22-15+. The Morgan fingerprint density at radius 2 is 1.76 bits per heavy atom. The number of aromatic nitrogens is 1. The summed E-state index contributed by atoms with van der Waals surface area (Å²) in [5.41, 5.74) is 6.85. The number of benzene rings is 1. The topological polar surface area (TPSA) is 48.7 Å². The molecule has 0 bridgehead atoms. The number of hydrogen-bond acceptors (Lipinski definition) is 4. The fourth-order valence-electron chi connectivity index (χ4n) is 3.91. The molecule has 128 valence electrons. The highest BCUT2D eigenvalue weighted by Gasteiger charge is 2.25. The molecule has 2 aromatic rings. The molecule has 0 unspecified atom stereocenters. The van der Waals surface area contributed by atoms with Gasteiger partial charge in [0.15, 0.2) is 0 Å². The van der Waals surface area contributed by atoms with Gasteiger partial charge in [-0.1, -0.05) is 35.5 Å². The maximum absolute atomic E-state index is 9.08. The number of allylic oxidation sites excluding steroid dienone is 1. The van der Waals surface area contributed by atoms with Gasteiger partial charge in [0.2, 0.25) is 0 Å². The lowest BCUT2D eigenvalue weighted by Gasteiger charge is -2.35. The van der Waals surface area contributed by atoms with E-state index in [4.69, 9.17) is 10.2 Å². The number of aryl methyl sites for hydroxylation is 1. The van der Waals surface area contributed by atoms with Gasteiger partial charge in [0.05, 0.1) is 23.3 Å². The molecule has 4 nitrogen and oxygen atoms in total. The van der Waals surface area contributed by atoms with Crippen molar-refractivity contribution in [2.75, 3.05) is 13.1 Å². The summed E-state index contributed by atoms with van der Waals surface area (Å²) in [6, 6.07) is 14.6. The van der Waals surface area contributed by atoms with Crippen LogP contribution < -0.4 is 0 Å². The Labute approximate surface area is 148 Å². The average molecular weight is 333 g/mol. The van der Waals surface area contributed by atoms with Crippen molar-refractivity contribution in [3.8, 4) is 11.3 Å². The highest BCUT2D eigenvalue weighted by atomic mass is 16.4. The van der Waals surface area contributed by atoms with Crippen LogP contribution in [0.1, 0.15) is 36.9 Å². The molecule has 0 radical (unpaired) electrons. The van der Waals surface area contributed by atoms with E-state index in [2.05, 4.69) is 34.3 Å². The summed E-state index contributed by atoms with van der Waals surface area (Å²) in [5.74, 6) is 0. The molecule has 1 aliphatic carbocycles. The van der Waals surface area contributed by atoms with Gasteiger partial charge in [0.1, 0.15) is 0 Å². The van der Waals surface area contributed by atoms with Crippen molar-refractivity contribution in [2.45, 2.75) is 32.1 Å². The van der Waals surface area contributed by atoms with E-state index in [1.807, 2.05) is 18.2 Å². The van der Waals surface area contributed by atoms with Crippen molar-refractivity contribution >= 4 is 11.9 Å². The first-order valence-electron chi connectivity index (χ1n) is 9.08. The maximum Gasteiger partial charge on any atom is 0.0714 e. The van der Waals surface area contributed by atoms with Gasteiger partial charge in [-0.05, 0) is 49.8 Å². The fraction of sp³-hybridized carbons (Fsp3) is 0.333. The van der Waals surface area contributed by atoms with Crippen LogP contribution in [0.4, 0.5) is 0 Å². The second-order valence-electron chi connectivity index (χ2n) is 6.72. The summed E-state index contributed by atoms with van der Waals surface area (Å²) >= 11 is 0. The monoisotopic (exact) mass is 333 g/mol. The molecule has 0 atom stereocenters. The van der Waals surface area contributed by atoms with E-state index in [-0.39, 0.29) is 0 Å². The number of hydrogen-bond donors (Lipinski definition) is 1. The third kappa shape index (κ3) is 3.16. The van der Waals surface area contributed by atoms with Crippen LogP contribution in [0.2, 0.25) is 0 Å². The highest BCUT2D eigenvalue weighted by molar-refractivity contribution is 5.92. The third-order valence-electron chi connectivity index (χ3n) is 5.12. The van der Waals surface area contributed by atoms with Crippen LogP contribution in [0.3, 0.4) is 0 Å². The molecule has 1 fully saturated rings. The van der Waals surface area contributed by atoms with Gasteiger partial charge in [-0.2, -0.15) is 0 Å². The average Bonchev–Trinajstić information content (AvgIpc) is 2.69. The van der Waals surface area contributed by atoms with Gasteiger partial charge >= 0.3 is 0 Å². The molecule has 2 heterocycles. The van der Waals surface area contributed by atoms with Crippen LogP contribution in [0.15, 0.2) is 53.2 Å². The van der Waals surface area contributed by atoms with E-state index in [1.165, 1.54) is 30.5 Å². The molecule has 1 N–H and O–H groups in total. The Bertz CT molecular complexity index is 805. The minimum absolute atomic E-state index is 0.869. The first kappa shape index (κ1) is 15.9. The van der Waals surface area contributed by atoms with Crippen LogP contribution >= 0.6 is 0 Å². The summed E-state index contributed by atoms with van der Waals surface area (Å²) in [6.45, 7) is 2.13. The Hall–Kier alpha value is -2.62. The summed E-state index contributed by atoms with van der Waals surface area (Å²) in [4.78, 5) is 7.40. The van der Waals surface area contributed by atoms with Crippen LogP contribution in [0.25, 0.3) is 17.0 Å². The quantitative estimate of drug-likeness (QED) is 0.516. The molecule has 0 spiro atoms. The summed E-state index contributed by atoms with van der Waals surface area (Å²) in [6.07, 6.45) is 7.10. The van der Waals surface area contributed by atoms with Crippen LogP contribution in [-0.2, 0) is 6.42 Å². The Morgan fingerprint density at radius 3 is 2.52 bits per heavy atom. The van der Waals surface area contributed by atoms with E-state index in [0.29, 0.717) is 0 Å². The second-order valence-corrected chi connectivity index (χ2v) is 6.72.